The van der Waals surface area contributed by atoms with E-state index in [1.165, 1.54) is 6.20 Å². The number of nitrogens with one attached hydrogen (secondary N) is 1. The number of nitrogens with zero attached hydrogens (tertiary/aromatic N) is 3. The summed E-state index contributed by atoms with van der Waals surface area (Å²) < 4.78 is 55.9. The number of carbonyl (C=O) groups is 1. The van der Waals surface area contributed by atoms with Crippen molar-refractivity contribution in [2.24, 2.45) is 0 Å². The minimum Gasteiger partial charge on any atom is -0.475 e. The number of esters is 1. The second-order valence-corrected chi connectivity index (χ2v) is 7.74. The molecule has 4 aromatic rings. The number of hydrogen-bond donors (Lipinski definition) is 1. The number of ether oxygens (including phenoxy) is 2. The summed E-state index contributed by atoms with van der Waals surface area (Å²) in [4.78, 5) is 22.9. The summed E-state index contributed by atoms with van der Waals surface area (Å²) in [5, 5.41) is 4.71. The molecule has 0 saturated carbocycles. The average Bonchev–Trinajstić information content (AvgIpc) is 3.39. The van der Waals surface area contributed by atoms with E-state index in [2.05, 4.69) is 20.1 Å². The van der Waals surface area contributed by atoms with Gasteiger partial charge in [0.15, 0.2) is 0 Å². The largest absolute Gasteiger partial charge is 0.475 e. The van der Waals surface area contributed by atoms with Gasteiger partial charge >= 0.3 is 12.1 Å². The minimum absolute atomic E-state index is 0.0154. The number of pyridine rings is 1. The second kappa shape index (κ2) is 9.16. The first-order chi connectivity index (χ1) is 16.1. The van der Waals surface area contributed by atoms with E-state index in [1.54, 1.807) is 39.0 Å². The summed E-state index contributed by atoms with van der Waals surface area (Å²) in [6.07, 6.45) is -3.84. The molecule has 11 heteroatoms. The number of alkyl halides is 3. The third-order valence-corrected chi connectivity index (χ3v) is 4.75. The zero-order valence-corrected chi connectivity index (χ0v) is 18.6. The van der Waals surface area contributed by atoms with E-state index in [1.807, 2.05) is 6.07 Å². The second-order valence-electron chi connectivity index (χ2n) is 7.74. The van der Waals surface area contributed by atoms with Crippen molar-refractivity contribution in [1.82, 2.24) is 20.1 Å². The first kappa shape index (κ1) is 23.3. The van der Waals surface area contributed by atoms with Gasteiger partial charge in [-0.3, -0.25) is 4.79 Å². The van der Waals surface area contributed by atoms with Crippen LogP contribution >= 0.6 is 0 Å². The van der Waals surface area contributed by atoms with Crippen LogP contribution in [0.5, 0.6) is 5.88 Å². The van der Waals surface area contributed by atoms with E-state index in [9.17, 15) is 18.0 Å². The van der Waals surface area contributed by atoms with Crippen LogP contribution in [0.25, 0.3) is 33.7 Å². The van der Waals surface area contributed by atoms with Crippen molar-refractivity contribution in [2.45, 2.75) is 39.5 Å². The average molecular weight is 474 g/mol. The maximum absolute atomic E-state index is 13.5. The molecule has 0 amide bonds. The van der Waals surface area contributed by atoms with E-state index in [4.69, 9.17) is 14.0 Å². The van der Waals surface area contributed by atoms with E-state index in [0.717, 1.165) is 17.0 Å². The molecular formula is C23H21F3N4O4. The first-order valence-corrected chi connectivity index (χ1v) is 10.5. The van der Waals surface area contributed by atoms with Gasteiger partial charge in [-0.25, -0.2) is 4.98 Å². The van der Waals surface area contributed by atoms with Gasteiger partial charge in [-0.05, 0) is 51.1 Å². The Morgan fingerprint density at radius 2 is 1.97 bits per heavy atom. The summed E-state index contributed by atoms with van der Waals surface area (Å²) >= 11 is 0. The molecule has 0 spiro atoms. The highest BCUT2D eigenvalue weighted by Gasteiger charge is 2.36. The van der Waals surface area contributed by atoms with Gasteiger partial charge < -0.3 is 19.0 Å². The molecule has 0 aliphatic carbocycles. The number of carbonyl (C=O) groups excluding carboxylic acids is 1. The molecule has 0 atom stereocenters. The lowest BCUT2D eigenvalue weighted by molar-refractivity contribution is -0.142. The molecule has 0 radical (unpaired) electrons. The number of halogens is 3. The van der Waals surface area contributed by atoms with Gasteiger partial charge in [0.05, 0.1) is 24.7 Å². The van der Waals surface area contributed by atoms with E-state index < -0.39 is 23.7 Å². The molecule has 34 heavy (non-hydrogen) atoms. The van der Waals surface area contributed by atoms with Gasteiger partial charge in [0.1, 0.15) is 5.56 Å². The molecule has 3 aromatic heterocycles. The molecule has 178 valence electrons. The number of rotatable bonds is 7. The van der Waals surface area contributed by atoms with Gasteiger partial charge in [0.2, 0.25) is 11.7 Å². The van der Waals surface area contributed by atoms with Crippen LogP contribution in [0, 0.1) is 0 Å². The maximum atomic E-state index is 13.5. The number of hydrogen-bond acceptors (Lipinski definition) is 7. The van der Waals surface area contributed by atoms with Crippen LogP contribution < -0.4 is 4.74 Å². The van der Waals surface area contributed by atoms with Crippen LogP contribution in [-0.2, 0) is 22.1 Å². The quantitative estimate of drug-likeness (QED) is 0.368. The summed E-state index contributed by atoms with van der Waals surface area (Å²) in [6, 6.07) is 7.99. The number of aromatic amines is 1. The number of benzene rings is 1. The molecule has 0 aliphatic rings. The number of fused-ring (bicyclic) bond motifs is 1. The Labute approximate surface area is 192 Å². The number of H-pyrrole nitrogens is 1. The summed E-state index contributed by atoms with van der Waals surface area (Å²) in [7, 11) is 0. The predicted octanol–water partition coefficient (Wildman–Crippen LogP) is 5.19. The van der Waals surface area contributed by atoms with Crippen LogP contribution in [0.3, 0.4) is 0 Å². The Morgan fingerprint density at radius 1 is 1.18 bits per heavy atom. The normalized spacial score (nSPS) is 11.9. The highest BCUT2D eigenvalue weighted by atomic mass is 19.4. The Hall–Kier alpha value is -3.89. The van der Waals surface area contributed by atoms with Crippen molar-refractivity contribution in [1.29, 1.82) is 0 Å². The zero-order valence-electron chi connectivity index (χ0n) is 18.6. The molecule has 0 bridgehead atoms. The predicted molar refractivity (Wildman–Crippen MR) is 116 cm³/mol. The molecular weight excluding hydrogens is 453 g/mol. The van der Waals surface area contributed by atoms with Gasteiger partial charge in [-0.1, -0.05) is 5.16 Å². The Balaban J connectivity index is 1.62. The zero-order chi connectivity index (χ0) is 24.5. The van der Waals surface area contributed by atoms with Crippen molar-refractivity contribution >= 4 is 16.9 Å². The molecule has 0 fully saturated rings. The standard InChI is InChI=1S/C23H21F3N4O4/c1-4-32-19(31)10-16-8-14-7-13(5-6-18(14)28-16)20-29-21(34-30-20)15-9-17(23(24,25)26)22(27-11-15)33-12(2)3/h5-9,11-12,28H,4,10H2,1-3H3. The third-order valence-electron chi connectivity index (χ3n) is 4.75. The lowest BCUT2D eigenvalue weighted by atomic mass is 10.1. The molecule has 0 aliphatic heterocycles. The van der Waals surface area contributed by atoms with Crippen LogP contribution in [0.4, 0.5) is 13.2 Å². The Morgan fingerprint density at radius 3 is 2.68 bits per heavy atom. The molecule has 1 N–H and O–H groups in total. The van der Waals surface area contributed by atoms with Crippen molar-refractivity contribution in [3.05, 3.63) is 47.8 Å². The van der Waals surface area contributed by atoms with Crippen molar-refractivity contribution in [2.75, 3.05) is 6.61 Å². The summed E-state index contributed by atoms with van der Waals surface area (Å²) in [6.45, 7) is 5.27. The Bertz CT molecular complexity index is 1330. The van der Waals surface area contributed by atoms with E-state index in [0.29, 0.717) is 17.9 Å². The molecule has 8 nitrogen and oxygen atoms in total. The third kappa shape index (κ3) is 5.03. The van der Waals surface area contributed by atoms with E-state index in [-0.39, 0.29) is 29.7 Å². The van der Waals surface area contributed by atoms with Crippen molar-refractivity contribution in [3.63, 3.8) is 0 Å². The molecule has 4 rings (SSSR count). The molecule has 3 heterocycles. The van der Waals surface area contributed by atoms with Crippen molar-refractivity contribution < 1.29 is 32.0 Å². The van der Waals surface area contributed by atoms with Crippen LogP contribution in [-0.4, -0.2) is 38.8 Å². The fourth-order valence-corrected chi connectivity index (χ4v) is 3.34. The lowest BCUT2D eigenvalue weighted by Crippen LogP contribution is -2.14. The maximum Gasteiger partial charge on any atom is 0.421 e. The van der Waals surface area contributed by atoms with Crippen LogP contribution in [0.1, 0.15) is 32.0 Å². The molecule has 1 aromatic carbocycles. The van der Waals surface area contributed by atoms with Crippen LogP contribution in [0.15, 0.2) is 41.1 Å². The fraction of sp³-hybridized carbons (Fsp3) is 0.304. The summed E-state index contributed by atoms with van der Waals surface area (Å²) in [5.41, 5.74) is 1.07. The topological polar surface area (TPSA) is 103 Å². The lowest BCUT2D eigenvalue weighted by Gasteiger charge is -2.15. The van der Waals surface area contributed by atoms with Gasteiger partial charge in [-0.2, -0.15) is 18.2 Å². The highest BCUT2D eigenvalue weighted by Crippen LogP contribution is 2.37. The molecule has 0 unspecified atom stereocenters. The van der Waals surface area contributed by atoms with Gasteiger partial charge in [0.25, 0.3) is 5.89 Å². The smallest absolute Gasteiger partial charge is 0.421 e. The SMILES string of the molecule is CCOC(=O)Cc1cc2cc(-c3noc(-c4cnc(OC(C)C)c(C(F)(F)F)c4)n3)ccc2[nH]1. The first-order valence-electron chi connectivity index (χ1n) is 10.5. The van der Waals surface area contributed by atoms with E-state index >= 15 is 0 Å². The fourth-order valence-electron chi connectivity index (χ4n) is 3.34. The minimum atomic E-state index is -4.67. The highest BCUT2D eigenvalue weighted by molar-refractivity contribution is 5.86. The molecule has 0 saturated heterocycles. The van der Waals surface area contributed by atoms with Crippen LogP contribution in [0.2, 0.25) is 0 Å². The van der Waals surface area contributed by atoms with Gasteiger partial charge in [0, 0.05) is 28.4 Å². The summed E-state index contributed by atoms with van der Waals surface area (Å²) in [5.74, 6) is -0.765. The Kier molecular flexibility index (Phi) is 6.27. The monoisotopic (exact) mass is 474 g/mol. The van der Waals surface area contributed by atoms with Gasteiger partial charge in [-0.15, -0.1) is 0 Å². The number of aromatic nitrogens is 4. The van der Waals surface area contributed by atoms with Crippen molar-refractivity contribution in [3.8, 4) is 28.7 Å².